The van der Waals surface area contributed by atoms with Crippen molar-refractivity contribution >= 4 is 53.4 Å². The highest BCUT2D eigenvalue weighted by Gasteiger charge is 2.21. The van der Waals surface area contributed by atoms with Gasteiger partial charge in [-0.3, -0.25) is 0 Å². The molecule has 0 fully saturated rings. The lowest BCUT2D eigenvalue weighted by molar-refractivity contribution is 0.669. The van der Waals surface area contributed by atoms with Crippen molar-refractivity contribution in [3.05, 3.63) is 194 Å². The molecule has 56 heavy (non-hydrogen) atoms. The highest BCUT2D eigenvalue weighted by Crippen LogP contribution is 2.44. The second-order valence-corrected chi connectivity index (χ2v) is 15.2. The minimum Gasteiger partial charge on any atom is -0.455 e. The highest BCUT2D eigenvalue weighted by atomic mass is 32.1. The fourth-order valence-electron chi connectivity index (χ4n) is 7.98. The van der Waals surface area contributed by atoms with Gasteiger partial charge in [-0.15, -0.1) is 11.3 Å². The quantitative estimate of drug-likeness (QED) is 0.171. The van der Waals surface area contributed by atoms with E-state index in [1.54, 1.807) is 0 Å². The van der Waals surface area contributed by atoms with Crippen LogP contribution in [0.15, 0.2) is 199 Å². The summed E-state index contributed by atoms with van der Waals surface area (Å²) in [5.41, 5.74) is 13.0. The summed E-state index contributed by atoms with van der Waals surface area (Å²) in [6, 6.07) is 68.5. The molecule has 0 spiro atoms. The third kappa shape index (κ3) is 5.58. The van der Waals surface area contributed by atoms with Crippen molar-refractivity contribution in [2.75, 3.05) is 0 Å². The minimum absolute atomic E-state index is 0.614. The number of hydrogen-bond donors (Lipinski definition) is 0. The van der Waals surface area contributed by atoms with Gasteiger partial charge in [-0.1, -0.05) is 140 Å². The van der Waals surface area contributed by atoms with E-state index in [2.05, 4.69) is 176 Å². The van der Waals surface area contributed by atoms with Crippen molar-refractivity contribution < 1.29 is 4.42 Å². The van der Waals surface area contributed by atoms with Gasteiger partial charge in [0.2, 0.25) is 0 Å². The number of rotatable bonds is 6. The largest absolute Gasteiger partial charge is 0.455 e. The van der Waals surface area contributed by atoms with Crippen molar-refractivity contribution in [3.8, 4) is 67.3 Å². The van der Waals surface area contributed by atoms with E-state index in [-0.39, 0.29) is 0 Å². The van der Waals surface area contributed by atoms with Crippen LogP contribution in [-0.2, 0) is 0 Å². The molecular formula is C52H32N2OS. The Labute approximate surface area is 327 Å². The van der Waals surface area contributed by atoms with Crippen LogP contribution < -0.4 is 0 Å². The molecule has 0 aliphatic carbocycles. The summed E-state index contributed by atoms with van der Waals surface area (Å²) in [5, 5.41) is 4.68. The molecule has 0 amide bonds. The summed E-state index contributed by atoms with van der Waals surface area (Å²) < 4.78 is 9.39. The Hall–Kier alpha value is -7.14. The van der Waals surface area contributed by atoms with Crippen LogP contribution in [0.4, 0.5) is 0 Å². The predicted octanol–water partition coefficient (Wildman–Crippen LogP) is 14.7. The molecule has 0 atom stereocenters. The van der Waals surface area contributed by atoms with Crippen molar-refractivity contribution in [1.29, 1.82) is 0 Å². The van der Waals surface area contributed by atoms with Crippen LogP contribution >= 0.6 is 11.3 Å². The highest BCUT2D eigenvalue weighted by molar-refractivity contribution is 7.25. The van der Waals surface area contributed by atoms with Crippen LogP contribution in [0.2, 0.25) is 0 Å². The summed E-state index contributed by atoms with van der Waals surface area (Å²) in [4.78, 5) is 10.7. The first-order valence-corrected chi connectivity index (χ1v) is 19.6. The molecule has 0 radical (unpaired) electrons. The van der Waals surface area contributed by atoms with E-state index >= 15 is 0 Å². The monoisotopic (exact) mass is 732 g/mol. The maximum atomic E-state index is 6.81. The number of nitrogens with zero attached hydrogens (tertiary/aromatic N) is 2. The second kappa shape index (κ2) is 13.3. The number of furan rings is 1. The van der Waals surface area contributed by atoms with Gasteiger partial charge in [-0.2, -0.15) is 0 Å². The van der Waals surface area contributed by atoms with Gasteiger partial charge in [-0.05, 0) is 88.0 Å². The Morgan fingerprint density at radius 1 is 0.357 bits per heavy atom. The average Bonchev–Trinajstić information content (AvgIpc) is 3.85. The number of hydrogen-bond acceptors (Lipinski definition) is 4. The molecule has 0 saturated carbocycles. The molecule has 0 bridgehead atoms. The average molecular weight is 733 g/mol. The Balaban J connectivity index is 1.15. The molecule has 3 nitrogen and oxygen atoms in total. The van der Waals surface area contributed by atoms with Crippen LogP contribution in [0.1, 0.15) is 0 Å². The molecule has 3 heterocycles. The molecule has 11 rings (SSSR count). The summed E-state index contributed by atoms with van der Waals surface area (Å²) in [5.74, 6) is 0.614. The van der Waals surface area contributed by atoms with Gasteiger partial charge in [0, 0.05) is 42.1 Å². The van der Waals surface area contributed by atoms with Crippen molar-refractivity contribution in [1.82, 2.24) is 9.97 Å². The second-order valence-electron chi connectivity index (χ2n) is 14.1. The van der Waals surface area contributed by atoms with Crippen LogP contribution in [-0.4, -0.2) is 9.97 Å². The zero-order chi connectivity index (χ0) is 37.0. The summed E-state index contributed by atoms with van der Waals surface area (Å²) in [7, 11) is 0. The van der Waals surface area contributed by atoms with Gasteiger partial charge >= 0.3 is 0 Å². The van der Waals surface area contributed by atoms with Crippen LogP contribution in [0.5, 0.6) is 0 Å². The van der Waals surface area contributed by atoms with Gasteiger partial charge in [0.1, 0.15) is 11.2 Å². The summed E-state index contributed by atoms with van der Waals surface area (Å²) in [6.07, 6.45) is 0. The first kappa shape index (κ1) is 32.3. The number of thiophene rings is 1. The molecule has 4 heteroatoms. The van der Waals surface area contributed by atoms with E-state index in [0.717, 1.165) is 83.4 Å². The third-order valence-corrected chi connectivity index (χ3v) is 11.8. The molecule has 0 N–H and O–H groups in total. The number of para-hydroxylation sites is 1. The van der Waals surface area contributed by atoms with Crippen molar-refractivity contribution in [2.24, 2.45) is 0 Å². The lowest BCUT2D eigenvalue weighted by Crippen LogP contribution is -1.97. The van der Waals surface area contributed by atoms with Gasteiger partial charge in [0.25, 0.3) is 0 Å². The number of aromatic nitrogens is 2. The normalized spacial score (nSPS) is 11.6. The standard InChI is InChI=1S/C52H32N2OS/c1-4-14-33(15-5-1)37-28-38(34-16-6-2-7-17-34)30-39(29-37)46-32-45(35-18-8-3-9-19-35)53-52(54-46)43-26-25-40(50-42-21-10-12-22-47(42)55-51(43)50)36-24-27-49-44(31-36)41-20-11-13-23-48(41)56-49/h1-32H. The fourth-order valence-corrected chi connectivity index (χ4v) is 9.07. The molecule has 8 aromatic carbocycles. The predicted molar refractivity (Wildman–Crippen MR) is 235 cm³/mol. The zero-order valence-corrected chi connectivity index (χ0v) is 31.0. The van der Waals surface area contributed by atoms with Crippen LogP contribution in [0.3, 0.4) is 0 Å². The molecule has 11 aromatic rings. The summed E-state index contributed by atoms with van der Waals surface area (Å²) >= 11 is 1.84. The Morgan fingerprint density at radius 2 is 0.911 bits per heavy atom. The fraction of sp³-hybridized carbons (Fsp3) is 0. The van der Waals surface area contributed by atoms with Crippen molar-refractivity contribution in [2.45, 2.75) is 0 Å². The van der Waals surface area contributed by atoms with E-state index in [9.17, 15) is 0 Å². The number of fused-ring (bicyclic) bond motifs is 6. The molecule has 3 aromatic heterocycles. The molecular weight excluding hydrogens is 701 g/mol. The Kier molecular flexibility index (Phi) is 7.68. The lowest BCUT2D eigenvalue weighted by Gasteiger charge is -2.14. The van der Waals surface area contributed by atoms with Crippen molar-refractivity contribution in [3.63, 3.8) is 0 Å². The topological polar surface area (TPSA) is 38.9 Å². The van der Waals surface area contributed by atoms with Gasteiger partial charge in [0.15, 0.2) is 5.82 Å². The lowest BCUT2D eigenvalue weighted by atomic mass is 9.94. The molecule has 0 aliphatic rings. The molecule has 0 saturated heterocycles. The zero-order valence-electron chi connectivity index (χ0n) is 30.2. The van der Waals surface area contributed by atoms with Gasteiger partial charge < -0.3 is 4.42 Å². The van der Waals surface area contributed by atoms with Crippen LogP contribution in [0.25, 0.3) is 109 Å². The maximum Gasteiger partial charge on any atom is 0.164 e. The van der Waals surface area contributed by atoms with E-state index < -0.39 is 0 Å². The van der Waals surface area contributed by atoms with E-state index in [1.165, 1.54) is 20.2 Å². The van der Waals surface area contributed by atoms with Gasteiger partial charge in [-0.25, -0.2) is 9.97 Å². The number of benzene rings is 8. The first-order chi connectivity index (χ1) is 27.7. The molecule has 0 aliphatic heterocycles. The minimum atomic E-state index is 0.614. The molecule has 0 unspecified atom stereocenters. The Morgan fingerprint density at radius 3 is 1.62 bits per heavy atom. The summed E-state index contributed by atoms with van der Waals surface area (Å²) in [6.45, 7) is 0. The SMILES string of the molecule is c1ccc(-c2cc(-c3ccccc3)cc(-c3cc(-c4ccccc4)nc(-c4ccc(-c5ccc6sc7ccccc7c6c5)c5c4oc4ccccc45)n3)c2)cc1. The van der Waals surface area contributed by atoms with Crippen LogP contribution in [0, 0.1) is 0 Å². The Bertz CT molecular complexity index is 3180. The van der Waals surface area contributed by atoms with E-state index in [1.807, 2.05) is 29.5 Å². The van der Waals surface area contributed by atoms with E-state index in [0.29, 0.717) is 5.82 Å². The maximum absolute atomic E-state index is 6.81. The first-order valence-electron chi connectivity index (χ1n) is 18.8. The molecule has 262 valence electrons. The van der Waals surface area contributed by atoms with E-state index in [4.69, 9.17) is 14.4 Å². The third-order valence-electron chi connectivity index (χ3n) is 10.7. The smallest absolute Gasteiger partial charge is 0.164 e. The van der Waals surface area contributed by atoms with Gasteiger partial charge in [0.05, 0.1) is 17.0 Å².